The van der Waals surface area contributed by atoms with E-state index in [2.05, 4.69) is 0 Å². The van der Waals surface area contributed by atoms with E-state index in [1.165, 1.54) is 26.0 Å². The molecule has 0 aromatic heterocycles. The quantitative estimate of drug-likeness (QED) is 0.679. The topological polar surface area (TPSA) is 52.3 Å². The summed E-state index contributed by atoms with van der Waals surface area (Å²) in [5.74, 6) is -2.77. The Morgan fingerprint density at radius 3 is 2.16 bits per heavy atom. The second kappa shape index (κ2) is 6.06. The lowest BCUT2D eigenvalue weighted by Gasteiger charge is -2.27. The van der Waals surface area contributed by atoms with Crippen molar-refractivity contribution in [3.8, 4) is 5.75 Å². The smallest absolute Gasteiger partial charge is 0.404 e. The fraction of sp³-hybridized carbons (Fsp3) is 0.462. The van der Waals surface area contributed by atoms with Crippen LogP contribution in [-0.4, -0.2) is 18.2 Å². The van der Waals surface area contributed by atoms with Crippen LogP contribution in [-0.2, 0) is 4.79 Å². The molecule has 106 valence electrons. The molecule has 0 radical (unpaired) electrons. The van der Waals surface area contributed by atoms with Crippen molar-refractivity contribution in [3.63, 3.8) is 0 Å². The maximum absolute atomic E-state index is 12.6. The van der Waals surface area contributed by atoms with Gasteiger partial charge in [-0.3, -0.25) is 4.79 Å². The standard InChI is InChI=1S/C13H16F3NO2/c1-8(2)10(11(17)13(14,15)16)12(18)19-9-6-4-3-5-7-9/h3-8,10-11H,17H2,1-2H3/t10-,11-/m0/s1. The molecule has 0 saturated heterocycles. The number of halogens is 3. The van der Waals surface area contributed by atoms with E-state index in [1.54, 1.807) is 18.2 Å². The Bertz CT molecular complexity index is 418. The Morgan fingerprint density at radius 2 is 1.74 bits per heavy atom. The largest absolute Gasteiger partial charge is 0.426 e. The lowest BCUT2D eigenvalue weighted by atomic mass is 9.88. The van der Waals surface area contributed by atoms with Crippen molar-refractivity contribution in [2.45, 2.75) is 26.1 Å². The van der Waals surface area contributed by atoms with Crippen molar-refractivity contribution in [2.24, 2.45) is 17.6 Å². The van der Waals surface area contributed by atoms with Gasteiger partial charge >= 0.3 is 12.1 Å². The van der Waals surface area contributed by atoms with Crippen molar-refractivity contribution in [3.05, 3.63) is 30.3 Å². The SMILES string of the molecule is CC(C)[C@H](C(=O)Oc1ccccc1)[C@H](N)C(F)(F)F. The van der Waals surface area contributed by atoms with Crippen LogP contribution in [0.15, 0.2) is 30.3 Å². The molecule has 19 heavy (non-hydrogen) atoms. The van der Waals surface area contributed by atoms with Gasteiger partial charge in [0.2, 0.25) is 0 Å². The molecular formula is C13H16F3NO2. The first-order valence-electron chi connectivity index (χ1n) is 5.82. The molecule has 0 aliphatic rings. The maximum Gasteiger partial charge on any atom is 0.404 e. The molecule has 0 aliphatic heterocycles. The van der Waals surface area contributed by atoms with Gasteiger partial charge in [-0.05, 0) is 18.1 Å². The Balaban J connectivity index is 2.86. The lowest BCUT2D eigenvalue weighted by molar-refractivity contribution is -0.175. The molecule has 0 amide bonds. The number of carbonyl (C=O) groups is 1. The number of hydrogen-bond donors (Lipinski definition) is 1. The highest BCUT2D eigenvalue weighted by Gasteiger charge is 2.47. The van der Waals surface area contributed by atoms with Gasteiger partial charge in [-0.15, -0.1) is 0 Å². The fourth-order valence-electron chi connectivity index (χ4n) is 1.71. The molecule has 3 nitrogen and oxygen atoms in total. The molecule has 2 N–H and O–H groups in total. The average molecular weight is 275 g/mol. The van der Waals surface area contributed by atoms with Crippen LogP contribution in [0.5, 0.6) is 5.75 Å². The highest BCUT2D eigenvalue weighted by Crippen LogP contribution is 2.29. The van der Waals surface area contributed by atoms with Crippen molar-refractivity contribution in [2.75, 3.05) is 0 Å². The zero-order chi connectivity index (χ0) is 14.6. The molecular weight excluding hydrogens is 259 g/mol. The second-order valence-corrected chi connectivity index (χ2v) is 4.57. The molecule has 0 saturated carbocycles. The van der Waals surface area contributed by atoms with Crippen LogP contribution in [0.25, 0.3) is 0 Å². The monoisotopic (exact) mass is 275 g/mol. The van der Waals surface area contributed by atoms with Gasteiger partial charge in [-0.2, -0.15) is 13.2 Å². The van der Waals surface area contributed by atoms with E-state index >= 15 is 0 Å². The summed E-state index contributed by atoms with van der Waals surface area (Å²) in [5, 5.41) is 0. The van der Waals surface area contributed by atoms with E-state index in [-0.39, 0.29) is 5.75 Å². The Labute approximate surface area is 109 Å². The maximum atomic E-state index is 12.6. The van der Waals surface area contributed by atoms with Crippen LogP contribution < -0.4 is 10.5 Å². The van der Waals surface area contributed by atoms with Crippen LogP contribution in [0.3, 0.4) is 0 Å². The zero-order valence-corrected chi connectivity index (χ0v) is 10.6. The molecule has 6 heteroatoms. The Morgan fingerprint density at radius 1 is 1.21 bits per heavy atom. The van der Waals surface area contributed by atoms with E-state index < -0.39 is 30.0 Å². The first kappa shape index (κ1) is 15.5. The zero-order valence-electron chi connectivity index (χ0n) is 10.6. The lowest BCUT2D eigenvalue weighted by Crippen LogP contribution is -2.50. The first-order chi connectivity index (χ1) is 8.73. The van der Waals surface area contributed by atoms with Gasteiger partial charge in [0.05, 0.1) is 5.92 Å². The summed E-state index contributed by atoms with van der Waals surface area (Å²) in [5.41, 5.74) is 5.12. The number of nitrogens with two attached hydrogens (primary N) is 1. The van der Waals surface area contributed by atoms with Crippen LogP contribution in [0.2, 0.25) is 0 Å². The third kappa shape index (κ3) is 4.24. The molecule has 0 fully saturated rings. The summed E-state index contributed by atoms with van der Waals surface area (Å²) in [6, 6.07) is 5.71. The van der Waals surface area contributed by atoms with Crippen LogP contribution in [0.4, 0.5) is 13.2 Å². The Kier molecular flexibility index (Phi) is 4.94. The molecule has 1 rings (SSSR count). The highest BCUT2D eigenvalue weighted by atomic mass is 19.4. The van der Waals surface area contributed by atoms with Crippen LogP contribution >= 0.6 is 0 Å². The minimum atomic E-state index is -4.63. The Hall–Kier alpha value is -1.56. The van der Waals surface area contributed by atoms with E-state index in [9.17, 15) is 18.0 Å². The predicted molar refractivity (Wildman–Crippen MR) is 64.4 cm³/mol. The molecule has 0 unspecified atom stereocenters. The highest BCUT2D eigenvalue weighted by molar-refractivity contribution is 5.76. The number of hydrogen-bond acceptors (Lipinski definition) is 3. The number of carbonyl (C=O) groups excluding carboxylic acids is 1. The number of benzene rings is 1. The molecule has 0 bridgehead atoms. The molecule has 0 heterocycles. The van der Waals surface area contributed by atoms with Gasteiger partial charge in [0.15, 0.2) is 0 Å². The van der Waals surface area contributed by atoms with Gasteiger partial charge in [0.25, 0.3) is 0 Å². The van der Waals surface area contributed by atoms with E-state index in [1.807, 2.05) is 0 Å². The van der Waals surface area contributed by atoms with Gasteiger partial charge < -0.3 is 10.5 Å². The summed E-state index contributed by atoms with van der Waals surface area (Å²) in [6.45, 7) is 3.00. The predicted octanol–water partition coefficient (Wildman–Crippen LogP) is 2.75. The number of ether oxygens (including phenoxy) is 1. The summed E-state index contributed by atoms with van der Waals surface area (Å²) < 4.78 is 42.8. The normalized spacial score (nSPS) is 15.1. The summed E-state index contributed by atoms with van der Waals surface area (Å²) in [7, 11) is 0. The van der Waals surface area contributed by atoms with Gasteiger partial charge in [-0.1, -0.05) is 32.0 Å². The first-order valence-corrected chi connectivity index (χ1v) is 5.82. The van der Waals surface area contributed by atoms with Crippen molar-refractivity contribution in [1.29, 1.82) is 0 Å². The van der Waals surface area contributed by atoms with Crippen molar-refractivity contribution < 1.29 is 22.7 Å². The van der Waals surface area contributed by atoms with Crippen molar-refractivity contribution in [1.82, 2.24) is 0 Å². The molecule has 2 atom stereocenters. The molecule has 1 aromatic rings. The molecule has 1 aromatic carbocycles. The van der Waals surface area contributed by atoms with Crippen LogP contribution in [0.1, 0.15) is 13.8 Å². The second-order valence-electron chi connectivity index (χ2n) is 4.57. The third-order valence-corrected chi connectivity index (χ3v) is 2.72. The van der Waals surface area contributed by atoms with E-state index in [0.717, 1.165) is 0 Å². The number of rotatable bonds is 4. The third-order valence-electron chi connectivity index (χ3n) is 2.72. The van der Waals surface area contributed by atoms with E-state index in [0.29, 0.717) is 0 Å². The average Bonchev–Trinajstić information content (AvgIpc) is 2.28. The molecule has 0 spiro atoms. The van der Waals surface area contributed by atoms with E-state index in [4.69, 9.17) is 10.5 Å². The summed E-state index contributed by atoms with van der Waals surface area (Å²) in [4.78, 5) is 11.8. The fourth-order valence-corrected chi connectivity index (χ4v) is 1.71. The summed E-state index contributed by atoms with van der Waals surface area (Å²) >= 11 is 0. The number of alkyl halides is 3. The van der Waals surface area contributed by atoms with Gasteiger partial charge in [-0.25, -0.2) is 0 Å². The van der Waals surface area contributed by atoms with Crippen molar-refractivity contribution >= 4 is 5.97 Å². The number of para-hydroxylation sites is 1. The molecule has 0 aliphatic carbocycles. The minimum Gasteiger partial charge on any atom is -0.426 e. The number of esters is 1. The van der Waals surface area contributed by atoms with Gasteiger partial charge in [0, 0.05) is 0 Å². The van der Waals surface area contributed by atoms with Gasteiger partial charge in [0.1, 0.15) is 11.8 Å². The summed E-state index contributed by atoms with van der Waals surface area (Å²) in [6.07, 6.45) is -4.63. The van der Waals surface area contributed by atoms with Crippen LogP contribution in [0, 0.1) is 11.8 Å². The minimum absolute atomic E-state index is 0.201.